The summed E-state index contributed by atoms with van der Waals surface area (Å²) in [5.74, 6) is -0.434. The van der Waals surface area contributed by atoms with E-state index in [4.69, 9.17) is 4.74 Å². The Morgan fingerprint density at radius 2 is 2.12 bits per heavy atom. The third-order valence-electron chi connectivity index (χ3n) is 4.38. The molecule has 2 amide bonds. The molecule has 8 nitrogen and oxygen atoms in total. The Morgan fingerprint density at radius 1 is 1.32 bits per heavy atom. The van der Waals surface area contributed by atoms with Crippen LogP contribution in [-0.2, 0) is 9.53 Å². The molecule has 132 valence electrons. The maximum absolute atomic E-state index is 12.4. The molecule has 25 heavy (non-hydrogen) atoms. The summed E-state index contributed by atoms with van der Waals surface area (Å²) in [4.78, 5) is 28.4. The number of methoxy groups -OCH3 is 1. The van der Waals surface area contributed by atoms with Crippen LogP contribution in [0.25, 0.3) is 11.1 Å². The monoisotopic (exact) mass is 343 g/mol. The Kier molecular flexibility index (Phi) is 4.80. The summed E-state index contributed by atoms with van der Waals surface area (Å²) in [6, 6.07) is 3.51. The first-order chi connectivity index (χ1) is 12.0. The van der Waals surface area contributed by atoms with Crippen molar-refractivity contribution in [2.24, 2.45) is 0 Å². The molecule has 1 unspecified atom stereocenters. The van der Waals surface area contributed by atoms with Crippen LogP contribution in [0.15, 0.2) is 30.7 Å². The van der Waals surface area contributed by atoms with E-state index < -0.39 is 6.10 Å². The normalized spacial score (nSPS) is 16.1. The first kappa shape index (κ1) is 17.1. The van der Waals surface area contributed by atoms with Gasteiger partial charge in [-0.15, -0.1) is 0 Å². The Morgan fingerprint density at radius 3 is 2.68 bits per heavy atom. The summed E-state index contributed by atoms with van der Waals surface area (Å²) in [6.07, 6.45) is 6.24. The van der Waals surface area contributed by atoms with Gasteiger partial charge < -0.3 is 15.4 Å². The number of hydrogen-bond acceptors (Lipinski definition) is 5. The van der Waals surface area contributed by atoms with Crippen LogP contribution in [-0.4, -0.2) is 52.3 Å². The van der Waals surface area contributed by atoms with E-state index in [0.29, 0.717) is 12.2 Å². The molecule has 3 N–H and O–H groups in total. The predicted octanol–water partition coefficient (Wildman–Crippen LogP) is 0.885. The topological polar surface area (TPSA) is 109 Å². The summed E-state index contributed by atoms with van der Waals surface area (Å²) in [7, 11) is 1.48. The Balaban J connectivity index is 1.57. The lowest BCUT2D eigenvalue weighted by molar-refractivity contribution is -0.130. The van der Waals surface area contributed by atoms with Crippen molar-refractivity contribution >= 4 is 11.8 Å². The minimum Gasteiger partial charge on any atom is -0.372 e. The van der Waals surface area contributed by atoms with Gasteiger partial charge in [-0.25, -0.2) is 0 Å². The van der Waals surface area contributed by atoms with Crippen molar-refractivity contribution < 1.29 is 14.3 Å². The third kappa shape index (κ3) is 4.03. The summed E-state index contributed by atoms with van der Waals surface area (Å²) < 4.78 is 4.97. The fraction of sp³-hybridized carbons (Fsp3) is 0.412. The van der Waals surface area contributed by atoms with Crippen molar-refractivity contribution in [3.63, 3.8) is 0 Å². The van der Waals surface area contributed by atoms with Gasteiger partial charge in [-0.2, -0.15) is 5.10 Å². The van der Waals surface area contributed by atoms with Crippen molar-refractivity contribution in [3.05, 3.63) is 36.4 Å². The van der Waals surface area contributed by atoms with Crippen LogP contribution >= 0.6 is 0 Å². The first-order valence-electron chi connectivity index (χ1n) is 8.11. The van der Waals surface area contributed by atoms with E-state index in [9.17, 15) is 9.59 Å². The van der Waals surface area contributed by atoms with Gasteiger partial charge in [0.2, 0.25) is 5.91 Å². The smallest absolute Gasteiger partial charge is 0.270 e. The fourth-order valence-corrected chi connectivity index (χ4v) is 2.42. The highest BCUT2D eigenvalue weighted by Gasteiger charge is 2.44. The van der Waals surface area contributed by atoms with Gasteiger partial charge in [-0.05, 0) is 25.8 Å². The zero-order chi connectivity index (χ0) is 17.9. The molecule has 1 atom stereocenters. The number of nitrogens with zero attached hydrogens (tertiary/aromatic N) is 2. The second-order valence-corrected chi connectivity index (χ2v) is 6.25. The van der Waals surface area contributed by atoms with Crippen LogP contribution in [0.5, 0.6) is 0 Å². The Hall–Kier alpha value is -2.74. The highest BCUT2D eigenvalue weighted by molar-refractivity contribution is 5.93. The average molecular weight is 343 g/mol. The Bertz CT molecular complexity index is 738. The SMILES string of the molecule is COC(C)C(=O)NCC1(NC(=O)c2ccc(-c3cn[nH]c3)cn2)CC1. The van der Waals surface area contributed by atoms with Gasteiger partial charge in [0.15, 0.2) is 0 Å². The molecule has 2 aromatic rings. The van der Waals surface area contributed by atoms with Gasteiger partial charge >= 0.3 is 0 Å². The number of hydrogen-bond donors (Lipinski definition) is 3. The number of carbonyl (C=O) groups is 2. The average Bonchev–Trinajstić information content (AvgIpc) is 3.18. The third-order valence-corrected chi connectivity index (χ3v) is 4.38. The highest BCUT2D eigenvalue weighted by Crippen LogP contribution is 2.34. The van der Waals surface area contributed by atoms with E-state index in [0.717, 1.165) is 24.0 Å². The van der Waals surface area contributed by atoms with Gasteiger partial charge in [0.25, 0.3) is 5.91 Å². The molecule has 2 heterocycles. The van der Waals surface area contributed by atoms with Gasteiger partial charge in [-0.3, -0.25) is 19.7 Å². The minimum atomic E-state index is -0.511. The van der Waals surface area contributed by atoms with Crippen LogP contribution in [0.4, 0.5) is 0 Å². The van der Waals surface area contributed by atoms with Crippen LogP contribution < -0.4 is 10.6 Å². The van der Waals surface area contributed by atoms with Crippen molar-refractivity contribution in [2.75, 3.05) is 13.7 Å². The van der Waals surface area contributed by atoms with E-state index in [1.165, 1.54) is 7.11 Å². The van der Waals surface area contributed by atoms with E-state index in [-0.39, 0.29) is 17.4 Å². The molecule has 2 aromatic heterocycles. The molecule has 1 fully saturated rings. The van der Waals surface area contributed by atoms with Crippen molar-refractivity contribution in [1.82, 2.24) is 25.8 Å². The zero-order valence-electron chi connectivity index (χ0n) is 14.2. The molecule has 3 rings (SSSR count). The maximum Gasteiger partial charge on any atom is 0.270 e. The number of pyridine rings is 1. The summed E-state index contributed by atoms with van der Waals surface area (Å²) in [5.41, 5.74) is 1.75. The number of aromatic nitrogens is 3. The lowest BCUT2D eigenvalue weighted by Gasteiger charge is -2.19. The van der Waals surface area contributed by atoms with E-state index >= 15 is 0 Å². The summed E-state index contributed by atoms with van der Waals surface area (Å²) >= 11 is 0. The van der Waals surface area contributed by atoms with Crippen LogP contribution in [0.3, 0.4) is 0 Å². The second kappa shape index (κ2) is 7.02. The maximum atomic E-state index is 12.4. The molecule has 0 aromatic carbocycles. The predicted molar refractivity (Wildman–Crippen MR) is 90.7 cm³/mol. The highest BCUT2D eigenvalue weighted by atomic mass is 16.5. The molecule has 0 spiro atoms. The largest absolute Gasteiger partial charge is 0.372 e. The van der Waals surface area contributed by atoms with Crippen LogP contribution in [0, 0.1) is 0 Å². The van der Waals surface area contributed by atoms with E-state index in [2.05, 4.69) is 25.8 Å². The number of amides is 2. The van der Waals surface area contributed by atoms with Crippen molar-refractivity contribution in [1.29, 1.82) is 0 Å². The number of nitrogens with one attached hydrogen (secondary N) is 3. The number of carbonyl (C=O) groups excluding carboxylic acids is 2. The molecule has 8 heteroatoms. The molecule has 0 bridgehead atoms. The zero-order valence-corrected chi connectivity index (χ0v) is 14.2. The van der Waals surface area contributed by atoms with Crippen molar-refractivity contribution in [3.8, 4) is 11.1 Å². The van der Waals surface area contributed by atoms with Crippen molar-refractivity contribution in [2.45, 2.75) is 31.4 Å². The number of aromatic amines is 1. The molecule has 1 aliphatic carbocycles. The van der Waals surface area contributed by atoms with Gasteiger partial charge in [0, 0.05) is 37.2 Å². The van der Waals surface area contributed by atoms with E-state index in [1.54, 1.807) is 31.6 Å². The second-order valence-electron chi connectivity index (χ2n) is 6.25. The summed E-state index contributed by atoms with van der Waals surface area (Å²) in [5, 5.41) is 12.4. The van der Waals surface area contributed by atoms with E-state index in [1.807, 2.05) is 6.07 Å². The summed E-state index contributed by atoms with van der Waals surface area (Å²) in [6.45, 7) is 2.07. The quantitative estimate of drug-likeness (QED) is 0.692. The number of rotatable bonds is 7. The molecule has 0 saturated heterocycles. The fourth-order valence-electron chi connectivity index (χ4n) is 2.42. The van der Waals surface area contributed by atoms with Gasteiger partial charge in [0.05, 0.1) is 11.7 Å². The van der Waals surface area contributed by atoms with Gasteiger partial charge in [-0.1, -0.05) is 6.07 Å². The molecule has 1 saturated carbocycles. The minimum absolute atomic E-state index is 0.189. The first-order valence-corrected chi connectivity index (χ1v) is 8.11. The van der Waals surface area contributed by atoms with Crippen LogP contribution in [0.2, 0.25) is 0 Å². The molecule has 1 aliphatic rings. The Labute approximate surface area is 145 Å². The number of ether oxygens (including phenoxy) is 1. The molecule has 0 radical (unpaired) electrons. The molecular weight excluding hydrogens is 322 g/mol. The number of H-pyrrole nitrogens is 1. The standard InChI is InChI=1S/C17H21N5O3/c1-11(25-2)15(23)19-10-17(5-6-17)22-16(24)14-4-3-12(7-18-14)13-8-20-21-9-13/h3-4,7-9,11H,5-6,10H2,1-2H3,(H,19,23)(H,20,21)(H,22,24). The lowest BCUT2D eigenvalue weighted by Crippen LogP contribution is -2.47. The van der Waals surface area contributed by atoms with Crippen LogP contribution in [0.1, 0.15) is 30.3 Å². The van der Waals surface area contributed by atoms with Gasteiger partial charge in [0.1, 0.15) is 11.8 Å². The lowest BCUT2D eigenvalue weighted by atomic mass is 10.1. The molecular formula is C17H21N5O3. The molecule has 0 aliphatic heterocycles.